The smallest absolute Gasteiger partial charge is 0.363 e. The Morgan fingerprint density at radius 3 is 2.53 bits per heavy atom. The van der Waals surface area contributed by atoms with Gasteiger partial charge < -0.3 is 14.2 Å². The van der Waals surface area contributed by atoms with Crippen LogP contribution in [0.25, 0.3) is 6.08 Å². The summed E-state index contributed by atoms with van der Waals surface area (Å²) in [5, 5.41) is 0.764. The summed E-state index contributed by atoms with van der Waals surface area (Å²) in [5.41, 5.74) is 2.56. The molecule has 1 aliphatic heterocycles. The van der Waals surface area contributed by atoms with Crippen molar-refractivity contribution in [2.45, 2.75) is 13.5 Å². The molecule has 1 aliphatic rings. The SMILES string of the molecule is CCOc1cc(/C=C2\N=C(c3ccc(Cl)c(Cl)c3)OC2=O)cc(I)c1OCc1ccccc1I. The molecule has 0 spiro atoms. The van der Waals surface area contributed by atoms with Crippen LogP contribution >= 0.6 is 68.4 Å². The van der Waals surface area contributed by atoms with E-state index in [4.69, 9.17) is 37.4 Å². The summed E-state index contributed by atoms with van der Waals surface area (Å²) in [7, 11) is 0. The highest BCUT2D eigenvalue weighted by Gasteiger charge is 2.25. The van der Waals surface area contributed by atoms with Crippen LogP contribution in [-0.4, -0.2) is 18.5 Å². The van der Waals surface area contributed by atoms with E-state index in [0.29, 0.717) is 40.3 Å². The van der Waals surface area contributed by atoms with Gasteiger partial charge >= 0.3 is 5.97 Å². The first-order valence-electron chi connectivity index (χ1n) is 10.2. The molecule has 0 aliphatic carbocycles. The summed E-state index contributed by atoms with van der Waals surface area (Å²) in [4.78, 5) is 16.8. The van der Waals surface area contributed by atoms with Crippen molar-refractivity contribution in [3.8, 4) is 11.5 Å². The molecule has 0 bridgehead atoms. The minimum atomic E-state index is -0.548. The van der Waals surface area contributed by atoms with E-state index >= 15 is 0 Å². The fourth-order valence-corrected chi connectivity index (χ4v) is 4.78. The number of rotatable bonds is 7. The molecule has 0 saturated carbocycles. The quantitative estimate of drug-likeness (QED) is 0.144. The number of cyclic esters (lactones) is 1. The highest BCUT2D eigenvalue weighted by molar-refractivity contribution is 14.1. The lowest BCUT2D eigenvalue weighted by Gasteiger charge is -2.15. The standard InChI is InChI=1S/C25H17Cl2I2NO4/c1-2-32-22-11-14(9-20(29)23(22)33-13-16-5-3-4-6-19(16)28)10-21-25(31)34-24(30-21)15-7-8-17(26)18(27)12-15/h3-12H,2,13H2,1H3/b21-10-. The summed E-state index contributed by atoms with van der Waals surface area (Å²) in [6.07, 6.45) is 1.65. The Labute approximate surface area is 234 Å². The average Bonchev–Trinajstić information content (AvgIpc) is 3.16. The molecule has 0 saturated heterocycles. The lowest BCUT2D eigenvalue weighted by atomic mass is 10.1. The molecule has 3 aromatic carbocycles. The van der Waals surface area contributed by atoms with Gasteiger partial charge in [-0.2, -0.15) is 0 Å². The molecular formula is C25H17Cl2I2NO4. The largest absolute Gasteiger partial charge is 0.490 e. The first-order valence-corrected chi connectivity index (χ1v) is 13.1. The van der Waals surface area contributed by atoms with Gasteiger partial charge in [-0.15, -0.1) is 0 Å². The number of esters is 1. The molecule has 0 aromatic heterocycles. The van der Waals surface area contributed by atoms with Gasteiger partial charge in [-0.25, -0.2) is 9.79 Å². The van der Waals surface area contributed by atoms with E-state index < -0.39 is 5.97 Å². The zero-order chi connectivity index (χ0) is 24.2. The summed E-state index contributed by atoms with van der Waals surface area (Å²) in [6, 6.07) is 16.7. The second-order valence-corrected chi connectivity index (χ2v) is 10.2. The van der Waals surface area contributed by atoms with Gasteiger partial charge in [-0.05, 0) is 100 Å². The van der Waals surface area contributed by atoms with Crippen molar-refractivity contribution in [1.82, 2.24) is 0 Å². The number of halogens is 4. The van der Waals surface area contributed by atoms with E-state index in [-0.39, 0.29) is 11.6 Å². The van der Waals surface area contributed by atoms with Gasteiger partial charge in [0.05, 0.1) is 20.2 Å². The molecule has 0 fully saturated rings. The van der Waals surface area contributed by atoms with E-state index in [0.717, 1.165) is 18.3 Å². The molecular weight excluding hydrogens is 703 g/mol. The van der Waals surface area contributed by atoms with Crippen LogP contribution in [0.3, 0.4) is 0 Å². The van der Waals surface area contributed by atoms with Crippen molar-refractivity contribution >= 4 is 86.3 Å². The Bertz CT molecular complexity index is 1320. The van der Waals surface area contributed by atoms with Crippen LogP contribution in [0.5, 0.6) is 11.5 Å². The van der Waals surface area contributed by atoms with Crippen LogP contribution in [0, 0.1) is 7.14 Å². The van der Waals surface area contributed by atoms with E-state index in [1.165, 1.54) is 0 Å². The van der Waals surface area contributed by atoms with E-state index in [1.807, 2.05) is 43.3 Å². The topological polar surface area (TPSA) is 57.1 Å². The van der Waals surface area contributed by atoms with Crippen LogP contribution < -0.4 is 9.47 Å². The van der Waals surface area contributed by atoms with Gasteiger partial charge in [0.1, 0.15) is 6.61 Å². The van der Waals surface area contributed by atoms with Gasteiger partial charge in [0.25, 0.3) is 0 Å². The maximum atomic E-state index is 12.4. The third-order valence-corrected chi connectivity index (χ3v) is 7.34. The van der Waals surface area contributed by atoms with Gasteiger partial charge in [0.15, 0.2) is 17.2 Å². The number of aliphatic imine (C=N–C) groups is 1. The zero-order valence-corrected chi connectivity index (χ0v) is 23.6. The fraction of sp³-hybridized carbons (Fsp3) is 0.120. The minimum Gasteiger partial charge on any atom is -0.490 e. The normalized spacial score (nSPS) is 14.2. The molecule has 0 unspecified atom stereocenters. The second kappa shape index (κ2) is 11.3. The van der Waals surface area contributed by atoms with Crippen molar-refractivity contribution in [2.75, 3.05) is 6.61 Å². The lowest BCUT2D eigenvalue weighted by Crippen LogP contribution is -2.05. The van der Waals surface area contributed by atoms with Crippen molar-refractivity contribution in [2.24, 2.45) is 4.99 Å². The Kier molecular flexibility index (Phi) is 8.39. The molecule has 0 radical (unpaired) electrons. The monoisotopic (exact) mass is 719 g/mol. The van der Waals surface area contributed by atoms with Crippen LogP contribution in [-0.2, 0) is 16.1 Å². The number of hydrogen-bond acceptors (Lipinski definition) is 5. The van der Waals surface area contributed by atoms with Crippen molar-refractivity contribution < 1.29 is 19.0 Å². The predicted octanol–water partition coefficient (Wildman–Crippen LogP) is 7.52. The molecule has 174 valence electrons. The summed E-state index contributed by atoms with van der Waals surface area (Å²) < 4.78 is 19.3. The predicted molar refractivity (Wildman–Crippen MR) is 151 cm³/mol. The highest BCUT2D eigenvalue weighted by Crippen LogP contribution is 2.36. The zero-order valence-electron chi connectivity index (χ0n) is 17.8. The van der Waals surface area contributed by atoms with Gasteiger partial charge in [0, 0.05) is 14.7 Å². The number of carbonyl (C=O) groups is 1. The summed E-state index contributed by atoms with van der Waals surface area (Å²) in [5.74, 6) is 0.866. The van der Waals surface area contributed by atoms with E-state index in [1.54, 1.807) is 24.3 Å². The average molecular weight is 720 g/mol. The number of ether oxygens (including phenoxy) is 3. The van der Waals surface area contributed by atoms with Crippen LogP contribution in [0.1, 0.15) is 23.6 Å². The molecule has 0 amide bonds. The van der Waals surface area contributed by atoms with Crippen molar-refractivity contribution in [3.05, 3.63) is 94.2 Å². The molecule has 3 aromatic rings. The Morgan fingerprint density at radius 1 is 1.00 bits per heavy atom. The lowest BCUT2D eigenvalue weighted by molar-refractivity contribution is -0.129. The third-order valence-electron chi connectivity index (χ3n) is 4.75. The second-order valence-electron chi connectivity index (χ2n) is 7.11. The molecule has 4 rings (SSSR count). The van der Waals surface area contributed by atoms with E-state index in [2.05, 4.69) is 50.2 Å². The number of nitrogens with zero attached hydrogens (tertiary/aromatic N) is 1. The molecule has 0 N–H and O–H groups in total. The van der Waals surface area contributed by atoms with Gasteiger partial charge in [-0.1, -0.05) is 41.4 Å². The summed E-state index contributed by atoms with van der Waals surface area (Å²) in [6.45, 7) is 2.79. The summed E-state index contributed by atoms with van der Waals surface area (Å²) >= 11 is 16.5. The maximum Gasteiger partial charge on any atom is 0.363 e. The molecule has 34 heavy (non-hydrogen) atoms. The first kappa shape index (κ1) is 25.3. The first-order chi connectivity index (χ1) is 16.4. The maximum absolute atomic E-state index is 12.4. The van der Waals surface area contributed by atoms with Crippen LogP contribution in [0.4, 0.5) is 0 Å². The van der Waals surface area contributed by atoms with Crippen molar-refractivity contribution in [3.63, 3.8) is 0 Å². The Balaban J connectivity index is 1.62. The van der Waals surface area contributed by atoms with Crippen LogP contribution in [0.2, 0.25) is 10.0 Å². The van der Waals surface area contributed by atoms with E-state index in [9.17, 15) is 4.79 Å². The van der Waals surface area contributed by atoms with Crippen molar-refractivity contribution in [1.29, 1.82) is 0 Å². The molecule has 1 heterocycles. The van der Waals surface area contributed by atoms with Gasteiger partial charge in [0.2, 0.25) is 5.90 Å². The fourth-order valence-electron chi connectivity index (χ4n) is 3.16. The van der Waals surface area contributed by atoms with Gasteiger partial charge in [-0.3, -0.25) is 0 Å². The molecule has 5 nitrogen and oxygen atoms in total. The number of benzene rings is 3. The number of carbonyl (C=O) groups excluding carboxylic acids is 1. The van der Waals surface area contributed by atoms with Crippen LogP contribution in [0.15, 0.2) is 65.3 Å². The highest BCUT2D eigenvalue weighted by atomic mass is 127. The molecule has 9 heteroatoms. The Morgan fingerprint density at radius 2 is 1.79 bits per heavy atom. The number of hydrogen-bond donors (Lipinski definition) is 0. The Hall–Kier alpha value is -1.82. The third kappa shape index (κ3) is 5.87. The minimum absolute atomic E-state index is 0.173. The molecule has 0 atom stereocenters.